The van der Waals surface area contributed by atoms with Gasteiger partial charge in [-0.25, -0.2) is 0 Å². The van der Waals surface area contributed by atoms with E-state index in [1.807, 2.05) is 6.20 Å². The average molecular weight is 209 g/mol. The lowest BCUT2D eigenvalue weighted by Crippen LogP contribution is -2.26. The number of H-pyrrole nitrogens is 1. The summed E-state index contributed by atoms with van der Waals surface area (Å²) in [4.78, 5) is 0. The van der Waals surface area contributed by atoms with Gasteiger partial charge in [0.2, 0.25) is 0 Å². The predicted molar refractivity (Wildman–Crippen MR) is 64.0 cm³/mol. The van der Waals surface area contributed by atoms with Crippen LogP contribution in [0.3, 0.4) is 0 Å². The highest BCUT2D eigenvalue weighted by molar-refractivity contribution is 5.14. The molecule has 3 nitrogen and oxygen atoms in total. The van der Waals surface area contributed by atoms with Crippen molar-refractivity contribution in [3.8, 4) is 0 Å². The highest BCUT2D eigenvalue weighted by Crippen LogP contribution is 2.05. The lowest BCUT2D eigenvalue weighted by atomic mass is 10.1. The van der Waals surface area contributed by atoms with Crippen LogP contribution in [0.1, 0.15) is 44.4 Å². The summed E-state index contributed by atoms with van der Waals surface area (Å²) < 4.78 is 0. The second kappa shape index (κ2) is 6.62. The summed E-state index contributed by atoms with van der Waals surface area (Å²) in [6, 6.07) is 0.653. The van der Waals surface area contributed by atoms with Gasteiger partial charge in [-0.05, 0) is 45.2 Å². The predicted octanol–water partition coefficient (Wildman–Crippen LogP) is 2.43. The van der Waals surface area contributed by atoms with Crippen LogP contribution in [0, 0.1) is 6.92 Å². The molecule has 1 unspecified atom stereocenters. The van der Waals surface area contributed by atoms with Crippen LogP contribution >= 0.6 is 0 Å². The highest BCUT2D eigenvalue weighted by atomic mass is 15.1. The van der Waals surface area contributed by atoms with Gasteiger partial charge in [0, 0.05) is 11.7 Å². The van der Waals surface area contributed by atoms with E-state index in [1.165, 1.54) is 30.5 Å². The third-order valence-corrected chi connectivity index (χ3v) is 2.77. The van der Waals surface area contributed by atoms with Crippen molar-refractivity contribution in [3.63, 3.8) is 0 Å². The number of hydrogen-bond donors (Lipinski definition) is 2. The normalized spacial score (nSPS) is 13.0. The van der Waals surface area contributed by atoms with Crippen LogP contribution in [0.2, 0.25) is 0 Å². The molecular formula is C12H23N3. The van der Waals surface area contributed by atoms with Gasteiger partial charge >= 0.3 is 0 Å². The van der Waals surface area contributed by atoms with Gasteiger partial charge in [0.25, 0.3) is 0 Å². The molecule has 0 fully saturated rings. The number of aromatic nitrogens is 2. The number of rotatable bonds is 7. The first-order valence-corrected chi connectivity index (χ1v) is 5.96. The lowest BCUT2D eigenvalue weighted by molar-refractivity contribution is 0.501. The Hall–Kier alpha value is -0.830. The van der Waals surface area contributed by atoms with E-state index in [0.29, 0.717) is 6.04 Å². The zero-order chi connectivity index (χ0) is 11.1. The zero-order valence-electron chi connectivity index (χ0n) is 10.1. The Kier molecular flexibility index (Phi) is 5.40. The second-order valence-corrected chi connectivity index (χ2v) is 4.27. The third-order valence-electron chi connectivity index (χ3n) is 2.77. The number of nitrogens with zero attached hydrogens (tertiary/aromatic N) is 1. The van der Waals surface area contributed by atoms with E-state index in [4.69, 9.17) is 0 Å². The Morgan fingerprint density at radius 2 is 2.33 bits per heavy atom. The Labute approximate surface area is 92.7 Å². The molecule has 2 N–H and O–H groups in total. The largest absolute Gasteiger partial charge is 0.314 e. The van der Waals surface area contributed by atoms with Gasteiger partial charge in [0.15, 0.2) is 0 Å². The number of hydrogen-bond acceptors (Lipinski definition) is 2. The quantitative estimate of drug-likeness (QED) is 0.677. The molecule has 86 valence electrons. The Bertz CT molecular complexity index is 268. The summed E-state index contributed by atoms with van der Waals surface area (Å²) in [6.07, 6.45) is 6.77. The molecular weight excluding hydrogens is 186 g/mol. The van der Waals surface area contributed by atoms with Crippen LogP contribution in [0.15, 0.2) is 6.20 Å². The van der Waals surface area contributed by atoms with Gasteiger partial charge in [-0.2, -0.15) is 5.10 Å². The fourth-order valence-electron chi connectivity index (χ4n) is 1.79. The maximum Gasteiger partial charge on any atom is 0.0522 e. The van der Waals surface area contributed by atoms with Gasteiger partial charge in [0.05, 0.1) is 6.20 Å². The standard InChI is InChI=1S/C12H23N3/c1-4-6-10(2)13-8-5-7-12-9-14-15-11(12)3/h9-10,13H,4-8H2,1-3H3,(H,14,15). The van der Waals surface area contributed by atoms with Crippen LogP contribution < -0.4 is 5.32 Å². The van der Waals surface area contributed by atoms with Crippen molar-refractivity contribution >= 4 is 0 Å². The molecule has 0 saturated carbocycles. The second-order valence-electron chi connectivity index (χ2n) is 4.27. The number of aromatic amines is 1. The summed E-state index contributed by atoms with van der Waals surface area (Å²) in [6.45, 7) is 7.67. The number of nitrogens with one attached hydrogen (secondary N) is 2. The molecule has 1 rings (SSSR count). The minimum atomic E-state index is 0.653. The summed E-state index contributed by atoms with van der Waals surface area (Å²) in [5.74, 6) is 0. The zero-order valence-corrected chi connectivity index (χ0v) is 10.1. The summed E-state index contributed by atoms with van der Waals surface area (Å²) in [5, 5.41) is 10.5. The van der Waals surface area contributed by atoms with E-state index in [9.17, 15) is 0 Å². The number of aryl methyl sites for hydroxylation is 2. The van der Waals surface area contributed by atoms with E-state index in [-0.39, 0.29) is 0 Å². The minimum Gasteiger partial charge on any atom is -0.314 e. The molecule has 15 heavy (non-hydrogen) atoms. The Morgan fingerprint density at radius 3 is 2.93 bits per heavy atom. The monoisotopic (exact) mass is 209 g/mol. The molecule has 0 aromatic carbocycles. The molecule has 1 aromatic rings. The van der Waals surface area contributed by atoms with E-state index < -0.39 is 0 Å². The molecule has 3 heteroatoms. The van der Waals surface area contributed by atoms with Crippen LogP contribution in [0.25, 0.3) is 0 Å². The molecule has 0 aliphatic rings. The van der Waals surface area contributed by atoms with Crippen molar-refractivity contribution < 1.29 is 0 Å². The Balaban J connectivity index is 2.09. The lowest BCUT2D eigenvalue weighted by Gasteiger charge is -2.11. The molecule has 0 radical (unpaired) electrons. The summed E-state index contributed by atoms with van der Waals surface area (Å²) in [7, 11) is 0. The van der Waals surface area contributed by atoms with Gasteiger partial charge in [-0.3, -0.25) is 5.10 Å². The fourth-order valence-corrected chi connectivity index (χ4v) is 1.79. The van der Waals surface area contributed by atoms with Crippen molar-refractivity contribution in [1.82, 2.24) is 15.5 Å². The van der Waals surface area contributed by atoms with Crippen LogP contribution in [0.4, 0.5) is 0 Å². The Morgan fingerprint density at radius 1 is 1.53 bits per heavy atom. The smallest absolute Gasteiger partial charge is 0.0522 e. The van der Waals surface area contributed by atoms with Gasteiger partial charge in [0.1, 0.15) is 0 Å². The van der Waals surface area contributed by atoms with E-state index in [1.54, 1.807) is 0 Å². The molecule has 0 spiro atoms. The van der Waals surface area contributed by atoms with Crippen LogP contribution in [0.5, 0.6) is 0 Å². The van der Waals surface area contributed by atoms with E-state index in [0.717, 1.165) is 13.0 Å². The third kappa shape index (κ3) is 4.47. The van der Waals surface area contributed by atoms with E-state index >= 15 is 0 Å². The first-order valence-electron chi connectivity index (χ1n) is 5.96. The molecule has 0 amide bonds. The van der Waals surface area contributed by atoms with Gasteiger partial charge < -0.3 is 5.32 Å². The van der Waals surface area contributed by atoms with Crippen molar-refractivity contribution in [3.05, 3.63) is 17.5 Å². The summed E-state index contributed by atoms with van der Waals surface area (Å²) in [5.41, 5.74) is 2.55. The molecule has 1 atom stereocenters. The SMILES string of the molecule is CCCC(C)NCCCc1cn[nH]c1C. The topological polar surface area (TPSA) is 40.7 Å². The minimum absolute atomic E-state index is 0.653. The van der Waals surface area contributed by atoms with E-state index in [2.05, 4.69) is 36.3 Å². The average Bonchev–Trinajstić information content (AvgIpc) is 2.60. The van der Waals surface area contributed by atoms with Crippen molar-refractivity contribution in [2.45, 2.75) is 52.5 Å². The van der Waals surface area contributed by atoms with Crippen molar-refractivity contribution in [1.29, 1.82) is 0 Å². The molecule has 1 heterocycles. The molecule has 1 aromatic heterocycles. The van der Waals surface area contributed by atoms with Crippen molar-refractivity contribution in [2.24, 2.45) is 0 Å². The van der Waals surface area contributed by atoms with Crippen LogP contribution in [-0.2, 0) is 6.42 Å². The van der Waals surface area contributed by atoms with Crippen molar-refractivity contribution in [2.75, 3.05) is 6.54 Å². The molecule has 0 aliphatic carbocycles. The fraction of sp³-hybridized carbons (Fsp3) is 0.750. The van der Waals surface area contributed by atoms with Gasteiger partial charge in [-0.15, -0.1) is 0 Å². The van der Waals surface area contributed by atoms with Gasteiger partial charge in [-0.1, -0.05) is 13.3 Å². The van der Waals surface area contributed by atoms with Crippen LogP contribution in [-0.4, -0.2) is 22.8 Å². The molecule has 0 aliphatic heterocycles. The molecule has 0 bridgehead atoms. The highest BCUT2D eigenvalue weighted by Gasteiger charge is 2.01. The first-order chi connectivity index (χ1) is 7.24. The maximum absolute atomic E-state index is 4.02. The molecule has 0 saturated heterocycles. The summed E-state index contributed by atoms with van der Waals surface area (Å²) >= 11 is 0. The maximum atomic E-state index is 4.02. The first kappa shape index (κ1) is 12.2.